The van der Waals surface area contributed by atoms with E-state index in [2.05, 4.69) is 26.1 Å². The van der Waals surface area contributed by atoms with E-state index in [0.717, 1.165) is 40.7 Å². The number of fused-ring (bicyclic) bond motifs is 3. The smallest absolute Gasteiger partial charge is 0.341 e. The zero-order valence-corrected chi connectivity index (χ0v) is 23.9. The molecule has 1 N–H and O–H groups in total. The molecule has 7 nitrogen and oxygen atoms in total. The van der Waals surface area contributed by atoms with Crippen molar-refractivity contribution in [3.63, 3.8) is 0 Å². The maximum Gasteiger partial charge on any atom is 0.341 e. The van der Waals surface area contributed by atoms with E-state index in [4.69, 9.17) is 19.2 Å². The Balaban J connectivity index is 1.40. The van der Waals surface area contributed by atoms with Crippen LogP contribution in [0.4, 0.5) is 5.00 Å². The van der Waals surface area contributed by atoms with Crippen LogP contribution in [0.5, 0.6) is 11.5 Å². The maximum absolute atomic E-state index is 13.9. The number of pyridine rings is 1. The fourth-order valence-corrected chi connectivity index (χ4v) is 6.88. The summed E-state index contributed by atoms with van der Waals surface area (Å²) in [6, 6.07) is 15.0. The van der Waals surface area contributed by atoms with Gasteiger partial charge in [-0.2, -0.15) is 0 Å². The lowest BCUT2D eigenvalue weighted by Gasteiger charge is -2.33. The maximum atomic E-state index is 13.9. The summed E-state index contributed by atoms with van der Waals surface area (Å²) in [4.78, 5) is 33.1. The molecule has 2 aliphatic rings. The first-order chi connectivity index (χ1) is 19.2. The van der Waals surface area contributed by atoms with Crippen molar-refractivity contribution >= 4 is 39.1 Å². The molecular formula is C32H32N2O5S. The Morgan fingerprint density at radius 1 is 1.10 bits per heavy atom. The number of hydrogen-bond acceptors (Lipinski definition) is 7. The van der Waals surface area contributed by atoms with Crippen molar-refractivity contribution in [1.29, 1.82) is 0 Å². The zero-order valence-electron chi connectivity index (χ0n) is 23.1. The highest BCUT2D eigenvalue weighted by molar-refractivity contribution is 7.17. The van der Waals surface area contributed by atoms with Crippen molar-refractivity contribution in [2.24, 2.45) is 11.3 Å². The fourth-order valence-electron chi connectivity index (χ4n) is 5.57. The van der Waals surface area contributed by atoms with Gasteiger partial charge in [0.1, 0.15) is 5.00 Å². The van der Waals surface area contributed by atoms with Crippen molar-refractivity contribution in [2.75, 3.05) is 18.7 Å². The predicted molar refractivity (Wildman–Crippen MR) is 157 cm³/mol. The number of aromatic nitrogens is 1. The Hall–Kier alpha value is -3.91. The first kappa shape index (κ1) is 26.3. The van der Waals surface area contributed by atoms with E-state index in [1.807, 2.05) is 42.5 Å². The molecule has 0 radical (unpaired) electrons. The normalized spacial score (nSPS) is 16.1. The lowest BCUT2D eigenvalue weighted by atomic mass is 9.72. The van der Waals surface area contributed by atoms with Gasteiger partial charge in [-0.3, -0.25) is 4.79 Å². The number of carbonyl (C=O) groups excluding carboxylic acids is 2. The van der Waals surface area contributed by atoms with Gasteiger partial charge in [0.05, 0.1) is 28.9 Å². The topological polar surface area (TPSA) is 86.8 Å². The zero-order chi connectivity index (χ0) is 28.0. The van der Waals surface area contributed by atoms with Gasteiger partial charge in [0, 0.05) is 15.8 Å². The van der Waals surface area contributed by atoms with Crippen molar-refractivity contribution in [3.8, 4) is 22.8 Å². The number of nitrogens with one attached hydrogen (secondary N) is 1. The lowest BCUT2D eigenvalue weighted by molar-refractivity contribution is 0.0526. The van der Waals surface area contributed by atoms with Crippen LogP contribution in [0.2, 0.25) is 0 Å². The van der Waals surface area contributed by atoms with Crippen LogP contribution in [-0.2, 0) is 17.6 Å². The SMILES string of the molecule is CCOC(=O)c1c(NC(=O)c2cc(-c3ccc4c(c3)OCO4)nc3ccccc23)sc2c1CC[C@@H](C(C)(C)C)C2. The summed E-state index contributed by atoms with van der Waals surface area (Å²) in [7, 11) is 0. The van der Waals surface area contributed by atoms with Gasteiger partial charge < -0.3 is 19.5 Å². The second kappa shape index (κ2) is 10.2. The number of benzene rings is 2. The van der Waals surface area contributed by atoms with Crippen LogP contribution in [-0.4, -0.2) is 30.3 Å². The fraction of sp³-hybridized carbons (Fsp3) is 0.344. The molecule has 2 aromatic heterocycles. The Bertz CT molecular complexity index is 1630. The molecule has 0 bridgehead atoms. The third-order valence-corrected chi connectivity index (χ3v) is 9.00. The summed E-state index contributed by atoms with van der Waals surface area (Å²) < 4.78 is 16.5. The molecule has 3 heterocycles. The van der Waals surface area contributed by atoms with Gasteiger partial charge in [-0.1, -0.05) is 39.0 Å². The first-order valence-corrected chi connectivity index (χ1v) is 14.5. The molecule has 0 spiro atoms. The number of amides is 1. The number of hydrogen-bond donors (Lipinski definition) is 1. The number of anilines is 1. The van der Waals surface area contributed by atoms with Gasteiger partial charge in [-0.25, -0.2) is 9.78 Å². The van der Waals surface area contributed by atoms with E-state index in [9.17, 15) is 9.59 Å². The highest BCUT2D eigenvalue weighted by atomic mass is 32.1. The van der Waals surface area contributed by atoms with Gasteiger partial charge in [0.2, 0.25) is 6.79 Å². The third-order valence-electron chi connectivity index (χ3n) is 7.83. The molecule has 0 unspecified atom stereocenters. The summed E-state index contributed by atoms with van der Waals surface area (Å²) in [5.41, 5.74) is 4.31. The number of nitrogens with zero attached hydrogens (tertiary/aromatic N) is 1. The number of thiophene rings is 1. The molecule has 1 amide bonds. The molecule has 40 heavy (non-hydrogen) atoms. The number of para-hydroxylation sites is 1. The minimum absolute atomic E-state index is 0.163. The van der Waals surface area contributed by atoms with Crippen molar-refractivity contribution in [3.05, 3.63) is 70.1 Å². The molecule has 8 heteroatoms. The summed E-state index contributed by atoms with van der Waals surface area (Å²) in [6.45, 7) is 9.04. The Kier molecular flexibility index (Phi) is 6.74. The molecule has 0 saturated carbocycles. The second-order valence-electron chi connectivity index (χ2n) is 11.3. The van der Waals surface area contributed by atoms with Gasteiger partial charge in [-0.15, -0.1) is 11.3 Å². The molecule has 1 aliphatic heterocycles. The summed E-state index contributed by atoms with van der Waals surface area (Å²) in [5, 5.41) is 4.38. The molecule has 0 fully saturated rings. The Morgan fingerprint density at radius 2 is 1.90 bits per heavy atom. The average molecular weight is 557 g/mol. The van der Waals surface area contributed by atoms with Crippen LogP contribution in [0.25, 0.3) is 22.2 Å². The van der Waals surface area contributed by atoms with Gasteiger partial charge in [0.25, 0.3) is 5.91 Å². The first-order valence-electron chi connectivity index (χ1n) is 13.7. The quantitative estimate of drug-likeness (QED) is 0.260. The summed E-state index contributed by atoms with van der Waals surface area (Å²) in [6.07, 6.45) is 2.68. The Morgan fingerprint density at radius 3 is 2.70 bits per heavy atom. The molecule has 2 aromatic carbocycles. The predicted octanol–water partition coefficient (Wildman–Crippen LogP) is 7.27. The molecular weight excluding hydrogens is 524 g/mol. The molecule has 4 aromatic rings. The van der Waals surface area contributed by atoms with Crippen LogP contribution in [0.3, 0.4) is 0 Å². The van der Waals surface area contributed by atoms with Crippen LogP contribution in [0, 0.1) is 11.3 Å². The van der Waals surface area contributed by atoms with Crippen molar-refractivity contribution < 1.29 is 23.8 Å². The monoisotopic (exact) mass is 556 g/mol. The van der Waals surface area contributed by atoms with Crippen LogP contribution < -0.4 is 14.8 Å². The number of esters is 1. The van der Waals surface area contributed by atoms with Gasteiger partial charge in [-0.05, 0) is 73.4 Å². The minimum Gasteiger partial charge on any atom is -0.462 e. The van der Waals surface area contributed by atoms with Crippen LogP contribution >= 0.6 is 11.3 Å². The van der Waals surface area contributed by atoms with Crippen LogP contribution in [0.15, 0.2) is 48.5 Å². The average Bonchev–Trinajstić information content (AvgIpc) is 3.55. The highest BCUT2D eigenvalue weighted by Crippen LogP contribution is 2.45. The number of carbonyl (C=O) groups is 2. The summed E-state index contributed by atoms with van der Waals surface area (Å²) >= 11 is 1.50. The molecule has 1 atom stereocenters. The molecule has 6 rings (SSSR count). The van der Waals surface area contributed by atoms with Gasteiger partial charge in [0.15, 0.2) is 11.5 Å². The number of ether oxygens (including phenoxy) is 3. The summed E-state index contributed by atoms with van der Waals surface area (Å²) in [5.74, 6) is 1.16. The standard InChI is InChI=1S/C32H32N2O5S/c1-5-37-31(36)28-21-12-11-19(32(2,3)4)15-27(21)40-30(28)34-29(35)22-16-24(33-23-9-7-6-8-20(22)23)18-10-13-25-26(14-18)39-17-38-25/h6-10,13-14,16,19H,5,11-12,15,17H2,1-4H3,(H,34,35)/t19-/m1/s1. The third kappa shape index (κ3) is 4.81. The lowest BCUT2D eigenvalue weighted by Crippen LogP contribution is -2.26. The second-order valence-corrected chi connectivity index (χ2v) is 12.4. The molecule has 1 aliphatic carbocycles. The van der Waals surface area contributed by atoms with E-state index >= 15 is 0 Å². The largest absolute Gasteiger partial charge is 0.462 e. The van der Waals surface area contributed by atoms with E-state index < -0.39 is 0 Å². The number of rotatable bonds is 5. The van der Waals surface area contributed by atoms with Crippen LogP contribution in [0.1, 0.15) is 65.3 Å². The van der Waals surface area contributed by atoms with Crippen molar-refractivity contribution in [2.45, 2.75) is 47.0 Å². The van der Waals surface area contributed by atoms with E-state index in [1.54, 1.807) is 13.0 Å². The molecule has 0 saturated heterocycles. The Labute approximate surface area is 237 Å². The van der Waals surface area contributed by atoms with E-state index in [-0.39, 0.29) is 30.7 Å². The minimum atomic E-state index is -0.384. The molecule has 206 valence electrons. The van der Waals surface area contributed by atoms with Gasteiger partial charge >= 0.3 is 5.97 Å². The van der Waals surface area contributed by atoms with Crippen molar-refractivity contribution in [1.82, 2.24) is 4.98 Å². The van der Waals surface area contributed by atoms with E-state index in [0.29, 0.717) is 44.8 Å². The highest BCUT2D eigenvalue weighted by Gasteiger charge is 2.34. The van der Waals surface area contributed by atoms with E-state index in [1.165, 1.54) is 11.3 Å².